The third-order valence-corrected chi connectivity index (χ3v) is 3.42. The second-order valence-electron chi connectivity index (χ2n) is 4.97. The van der Waals surface area contributed by atoms with E-state index in [1.165, 1.54) is 7.11 Å². The van der Waals surface area contributed by atoms with Crippen LogP contribution >= 0.6 is 0 Å². The Labute approximate surface area is 124 Å². The van der Waals surface area contributed by atoms with Crippen molar-refractivity contribution >= 4 is 5.97 Å². The Morgan fingerprint density at radius 3 is 2.86 bits per heavy atom. The summed E-state index contributed by atoms with van der Waals surface area (Å²) >= 11 is 0. The fraction of sp³-hybridized carbons (Fsp3) is 0.533. The number of hydrogen-bond acceptors (Lipinski definition) is 6. The average Bonchev–Trinajstić information content (AvgIpc) is 2.94. The number of carbonyl (C=O) groups is 1. The summed E-state index contributed by atoms with van der Waals surface area (Å²) in [4.78, 5) is 11.8. The van der Waals surface area contributed by atoms with Crippen LogP contribution in [0.15, 0.2) is 18.2 Å². The third kappa shape index (κ3) is 3.58. The lowest BCUT2D eigenvalue weighted by molar-refractivity contribution is -0.148. The molecule has 0 aliphatic carbocycles. The van der Waals surface area contributed by atoms with Crippen LogP contribution in [0.2, 0.25) is 0 Å². The van der Waals surface area contributed by atoms with E-state index in [1.807, 2.05) is 26.0 Å². The lowest BCUT2D eigenvalue weighted by atomic mass is 9.98. The molecule has 1 aliphatic rings. The zero-order valence-electron chi connectivity index (χ0n) is 12.6. The Kier molecular flexibility index (Phi) is 4.90. The maximum atomic E-state index is 11.8. The summed E-state index contributed by atoms with van der Waals surface area (Å²) in [6, 6.07) is 5.41. The number of likely N-dealkylation sites (N-methyl/N-ethyl adjacent to an activating group) is 1. The van der Waals surface area contributed by atoms with E-state index < -0.39 is 5.54 Å². The molecule has 1 aromatic rings. The van der Waals surface area contributed by atoms with E-state index in [0.717, 1.165) is 5.75 Å². The van der Waals surface area contributed by atoms with Gasteiger partial charge >= 0.3 is 5.97 Å². The number of fused-ring (bicyclic) bond motifs is 1. The molecule has 6 nitrogen and oxygen atoms in total. The molecular weight excluding hydrogens is 274 g/mol. The molecule has 0 bridgehead atoms. The highest BCUT2D eigenvalue weighted by molar-refractivity contribution is 5.80. The monoisotopic (exact) mass is 295 g/mol. The van der Waals surface area contributed by atoms with Crippen LogP contribution in [0, 0.1) is 0 Å². The average molecular weight is 295 g/mol. The van der Waals surface area contributed by atoms with Crippen LogP contribution < -0.4 is 19.5 Å². The number of rotatable bonds is 7. The summed E-state index contributed by atoms with van der Waals surface area (Å²) in [5.74, 6) is 1.78. The van der Waals surface area contributed by atoms with Gasteiger partial charge in [-0.25, -0.2) is 0 Å². The quantitative estimate of drug-likeness (QED) is 0.773. The molecular formula is C15H21NO5. The SMILES string of the molecule is CCNC(C)(CCOc1ccc2c(c1)OCO2)C(=O)OC. The van der Waals surface area contributed by atoms with Crippen LogP contribution in [-0.4, -0.2) is 38.6 Å². The molecule has 1 N–H and O–H groups in total. The third-order valence-electron chi connectivity index (χ3n) is 3.42. The van der Waals surface area contributed by atoms with Gasteiger partial charge in [0.2, 0.25) is 6.79 Å². The van der Waals surface area contributed by atoms with Gasteiger partial charge in [-0.3, -0.25) is 4.79 Å². The van der Waals surface area contributed by atoms with E-state index >= 15 is 0 Å². The Morgan fingerprint density at radius 1 is 1.38 bits per heavy atom. The first-order valence-corrected chi connectivity index (χ1v) is 6.95. The topological polar surface area (TPSA) is 66.0 Å². The largest absolute Gasteiger partial charge is 0.493 e. The summed E-state index contributed by atoms with van der Waals surface area (Å²) in [5.41, 5.74) is -0.750. The molecule has 0 fully saturated rings. The van der Waals surface area contributed by atoms with E-state index in [4.69, 9.17) is 18.9 Å². The second-order valence-corrected chi connectivity index (χ2v) is 4.97. The highest BCUT2D eigenvalue weighted by Gasteiger charge is 2.33. The smallest absolute Gasteiger partial charge is 0.325 e. The van der Waals surface area contributed by atoms with Crippen molar-refractivity contribution in [3.8, 4) is 17.2 Å². The summed E-state index contributed by atoms with van der Waals surface area (Å²) in [6.07, 6.45) is 0.502. The molecule has 1 unspecified atom stereocenters. The van der Waals surface area contributed by atoms with Gasteiger partial charge in [-0.05, 0) is 25.6 Å². The van der Waals surface area contributed by atoms with Gasteiger partial charge in [0, 0.05) is 12.5 Å². The molecule has 6 heteroatoms. The minimum absolute atomic E-state index is 0.236. The Balaban J connectivity index is 1.91. The predicted molar refractivity (Wildman–Crippen MR) is 76.8 cm³/mol. The summed E-state index contributed by atoms with van der Waals surface area (Å²) < 4.78 is 21.1. The van der Waals surface area contributed by atoms with Crippen molar-refractivity contribution in [2.75, 3.05) is 27.1 Å². The van der Waals surface area contributed by atoms with Gasteiger partial charge < -0.3 is 24.3 Å². The predicted octanol–water partition coefficient (Wildman–Crippen LogP) is 1.73. The number of methoxy groups -OCH3 is 1. The van der Waals surface area contributed by atoms with Crippen LogP contribution in [0.4, 0.5) is 0 Å². The molecule has 21 heavy (non-hydrogen) atoms. The number of carbonyl (C=O) groups excluding carboxylic acids is 1. The van der Waals surface area contributed by atoms with E-state index in [-0.39, 0.29) is 12.8 Å². The summed E-state index contributed by atoms with van der Waals surface area (Å²) in [5, 5.41) is 3.14. The highest BCUT2D eigenvalue weighted by Crippen LogP contribution is 2.35. The molecule has 2 rings (SSSR count). The first-order chi connectivity index (χ1) is 10.1. The van der Waals surface area contributed by atoms with Gasteiger partial charge in [0.05, 0.1) is 13.7 Å². The molecule has 0 amide bonds. The fourth-order valence-corrected chi connectivity index (χ4v) is 2.22. The van der Waals surface area contributed by atoms with Gasteiger partial charge in [0.25, 0.3) is 0 Å². The van der Waals surface area contributed by atoms with Gasteiger partial charge in [-0.2, -0.15) is 0 Å². The molecule has 0 radical (unpaired) electrons. The maximum absolute atomic E-state index is 11.8. The zero-order chi connectivity index (χ0) is 15.3. The van der Waals surface area contributed by atoms with Gasteiger partial charge in [0.15, 0.2) is 11.5 Å². The molecule has 1 aromatic carbocycles. The molecule has 1 heterocycles. The van der Waals surface area contributed by atoms with E-state index in [0.29, 0.717) is 31.1 Å². The second kappa shape index (κ2) is 6.67. The number of esters is 1. The molecule has 0 aromatic heterocycles. The van der Waals surface area contributed by atoms with Crippen molar-refractivity contribution in [2.45, 2.75) is 25.8 Å². The highest BCUT2D eigenvalue weighted by atomic mass is 16.7. The lowest BCUT2D eigenvalue weighted by Crippen LogP contribution is -2.51. The van der Waals surface area contributed by atoms with E-state index in [2.05, 4.69) is 5.32 Å². The van der Waals surface area contributed by atoms with Gasteiger partial charge in [-0.15, -0.1) is 0 Å². The van der Waals surface area contributed by atoms with Crippen molar-refractivity contribution in [1.82, 2.24) is 5.32 Å². The Hall–Kier alpha value is -1.95. The van der Waals surface area contributed by atoms with Crippen LogP contribution in [0.25, 0.3) is 0 Å². The van der Waals surface area contributed by atoms with Gasteiger partial charge in [-0.1, -0.05) is 6.92 Å². The van der Waals surface area contributed by atoms with Crippen LogP contribution in [0.1, 0.15) is 20.3 Å². The standard InChI is InChI=1S/C15H21NO5/c1-4-16-15(2,14(17)18-3)7-8-19-11-5-6-12-13(9-11)21-10-20-12/h5-6,9,16H,4,7-8,10H2,1-3H3. The van der Waals surface area contributed by atoms with Crippen molar-refractivity contribution in [2.24, 2.45) is 0 Å². The van der Waals surface area contributed by atoms with Crippen molar-refractivity contribution in [3.05, 3.63) is 18.2 Å². The van der Waals surface area contributed by atoms with Crippen LogP contribution in [0.5, 0.6) is 17.2 Å². The minimum Gasteiger partial charge on any atom is -0.493 e. The molecule has 116 valence electrons. The summed E-state index contributed by atoms with van der Waals surface area (Å²) in [6.45, 7) is 5.05. The first kappa shape index (κ1) is 15.4. The van der Waals surface area contributed by atoms with Gasteiger partial charge in [0.1, 0.15) is 11.3 Å². The maximum Gasteiger partial charge on any atom is 0.325 e. The van der Waals surface area contributed by atoms with Crippen LogP contribution in [-0.2, 0) is 9.53 Å². The Bertz CT molecular complexity index is 505. The molecule has 0 spiro atoms. The summed E-state index contributed by atoms with van der Waals surface area (Å²) in [7, 11) is 1.39. The fourth-order valence-electron chi connectivity index (χ4n) is 2.22. The van der Waals surface area contributed by atoms with Crippen molar-refractivity contribution in [1.29, 1.82) is 0 Å². The molecule has 0 saturated carbocycles. The number of nitrogens with one attached hydrogen (secondary N) is 1. The van der Waals surface area contributed by atoms with Crippen LogP contribution in [0.3, 0.4) is 0 Å². The molecule has 1 aliphatic heterocycles. The zero-order valence-corrected chi connectivity index (χ0v) is 12.6. The lowest BCUT2D eigenvalue weighted by Gasteiger charge is -2.27. The molecule has 1 atom stereocenters. The van der Waals surface area contributed by atoms with E-state index in [1.54, 1.807) is 6.07 Å². The number of benzene rings is 1. The van der Waals surface area contributed by atoms with Crippen molar-refractivity contribution < 1.29 is 23.7 Å². The normalized spacial score (nSPS) is 15.4. The molecule has 0 saturated heterocycles. The van der Waals surface area contributed by atoms with E-state index in [9.17, 15) is 4.79 Å². The van der Waals surface area contributed by atoms with Crippen molar-refractivity contribution in [3.63, 3.8) is 0 Å². The Morgan fingerprint density at radius 2 is 2.14 bits per heavy atom. The first-order valence-electron chi connectivity index (χ1n) is 6.95. The number of hydrogen-bond donors (Lipinski definition) is 1. The number of ether oxygens (including phenoxy) is 4. The minimum atomic E-state index is -0.750.